The monoisotopic (exact) mass is 205 g/mol. The molecule has 0 amide bonds. The second-order valence-corrected chi connectivity index (χ2v) is 3.50. The van der Waals surface area contributed by atoms with Crippen LogP contribution < -0.4 is 11.3 Å². The highest BCUT2D eigenvalue weighted by atomic mass is 15.2. The summed E-state index contributed by atoms with van der Waals surface area (Å²) in [6, 6.07) is 9.86. The summed E-state index contributed by atoms with van der Waals surface area (Å²) in [6.07, 6.45) is 4.48. The summed E-state index contributed by atoms with van der Waals surface area (Å²) in [5.74, 6) is 6.28. The topological polar surface area (TPSA) is 50.4 Å². The molecule has 0 bridgehead atoms. The number of benzene rings is 1. The zero-order chi connectivity index (χ0) is 10.9. The molecule has 1 aromatic carbocycles. The molecule has 82 valence electrons. The van der Waals surface area contributed by atoms with Gasteiger partial charge in [0.2, 0.25) is 0 Å². The molecule has 0 saturated heterocycles. The number of unbranched alkanes of at least 4 members (excludes halogenated alkanes) is 2. The summed E-state index contributed by atoms with van der Waals surface area (Å²) in [6.45, 7) is 2.18. The van der Waals surface area contributed by atoms with Gasteiger partial charge in [-0.3, -0.25) is 0 Å². The van der Waals surface area contributed by atoms with Crippen molar-refractivity contribution in [1.82, 2.24) is 5.43 Å². The zero-order valence-corrected chi connectivity index (χ0v) is 9.24. The summed E-state index contributed by atoms with van der Waals surface area (Å²) in [7, 11) is 0. The van der Waals surface area contributed by atoms with Crippen LogP contribution in [0.1, 0.15) is 32.6 Å². The van der Waals surface area contributed by atoms with Crippen molar-refractivity contribution in [3.63, 3.8) is 0 Å². The highest BCUT2D eigenvalue weighted by molar-refractivity contribution is 5.84. The van der Waals surface area contributed by atoms with Crippen LogP contribution in [0.15, 0.2) is 35.3 Å². The number of nitrogens with two attached hydrogens (primary N) is 1. The van der Waals surface area contributed by atoms with Gasteiger partial charge in [-0.1, -0.05) is 38.0 Å². The second kappa shape index (κ2) is 7.01. The molecular formula is C12H19N3. The Morgan fingerprint density at radius 2 is 2.00 bits per heavy atom. The molecule has 0 fully saturated rings. The van der Waals surface area contributed by atoms with Crippen LogP contribution in [0.5, 0.6) is 0 Å². The van der Waals surface area contributed by atoms with Gasteiger partial charge < -0.3 is 5.43 Å². The average molecular weight is 205 g/mol. The fourth-order valence-corrected chi connectivity index (χ4v) is 1.36. The minimum absolute atomic E-state index is 0.856. The van der Waals surface area contributed by atoms with E-state index in [4.69, 9.17) is 5.84 Å². The van der Waals surface area contributed by atoms with Crippen molar-refractivity contribution in [2.75, 3.05) is 0 Å². The molecule has 3 nitrogen and oxygen atoms in total. The van der Waals surface area contributed by atoms with Gasteiger partial charge in [-0.2, -0.15) is 0 Å². The van der Waals surface area contributed by atoms with Crippen molar-refractivity contribution >= 4 is 11.5 Å². The number of hydrogen-bond acceptors (Lipinski definition) is 2. The van der Waals surface area contributed by atoms with Gasteiger partial charge in [0.15, 0.2) is 0 Å². The molecule has 0 aliphatic carbocycles. The van der Waals surface area contributed by atoms with E-state index in [0.717, 1.165) is 24.4 Å². The molecule has 0 atom stereocenters. The summed E-state index contributed by atoms with van der Waals surface area (Å²) in [5, 5.41) is 0. The van der Waals surface area contributed by atoms with Gasteiger partial charge in [0.05, 0.1) is 5.69 Å². The Balaban J connectivity index is 2.54. The predicted molar refractivity (Wildman–Crippen MR) is 65.0 cm³/mol. The SMILES string of the molecule is CCCCCC(=Nc1ccccc1)NN. The standard InChI is InChI=1S/C12H19N3/c1-2-3-5-10-12(15-13)14-11-8-6-4-7-9-11/h4,6-9H,2-3,5,10,13H2,1H3,(H,14,15). The van der Waals surface area contributed by atoms with Crippen molar-refractivity contribution < 1.29 is 0 Å². The quantitative estimate of drug-likeness (QED) is 0.255. The lowest BCUT2D eigenvalue weighted by Gasteiger charge is -2.04. The first-order valence-electron chi connectivity index (χ1n) is 5.46. The van der Waals surface area contributed by atoms with E-state index in [1.807, 2.05) is 30.3 Å². The van der Waals surface area contributed by atoms with Crippen LogP contribution in [0.3, 0.4) is 0 Å². The molecule has 0 heterocycles. The first-order valence-corrected chi connectivity index (χ1v) is 5.46. The van der Waals surface area contributed by atoms with Gasteiger partial charge in [-0.15, -0.1) is 0 Å². The normalized spacial score (nSPS) is 11.5. The number of hydrazine groups is 1. The summed E-state index contributed by atoms with van der Waals surface area (Å²) in [4.78, 5) is 4.43. The Labute approximate surface area is 91.4 Å². The van der Waals surface area contributed by atoms with E-state index in [0.29, 0.717) is 0 Å². The molecule has 0 aliphatic heterocycles. The van der Waals surface area contributed by atoms with Crippen LogP contribution >= 0.6 is 0 Å². The Kier molecular flexibility index (Phi) is 5.48. The minimum Gasteiger partial charge on any atom is -0.312 e. The van der Waals surface area contributed by atoms with E-state index < -0.39 is 0 Å². The molecule has 3 N–H and O–H groups in total. The van der Waals surface area contributed by atoms with Crippen molar-refractivity contribution in [2.24, 2.45) is 10.8 Å². The summed E-state index contributed by atoms with van der Waals surface area (Å²) < 4.78 is 0. The molecular weight excluding hydrogens is 186 g/mol. The van der Waals surface area contributed by atoms with Gasteiger partial charge in [-0.25, -0.2) is 10.8 Å². The van der Waals surface area contributed by atoms with Crippen molar-refractivity contribution in [3.05, 3.63) is 30.3 Å². The number of nitrogens with one attached hydrogen (secondary N) is 1. The third-order valence-corrected chi connectivity index (χ3v) is 2.20. The predicted octanol–water partition coefficient (Wildman–Crippen LogP) is 2.76. The smallest absolute Gasteiger partial charge is 0.116 e. The maximum Gasteiger partial charge on any atom is 0.116 e. The molecule has 1 rings (SSSR count). The highest BCUT2D eigenvalue weighted by Crippen LogP contribution is 2.11. The van der Waals surface area contributed by atoms with Crippen LogP contribution in [0.2, 0.25) is 0 Å². The van der Waals surface area contributed by atoms with E-state index >= 15 is 0 Å². The van der Waals surface area contributed by atoms with Crippen LogP contribution in [-0.4, -0.2) is 5.84 Å². The third kappa shape index (κ3) is 4.61. The van der Waals surface area contributed by atoms with Crippen LogP contribution in [-0.2, 0) is 0 Å². The minimum atomic E-state index is 0.856. The number of hydrogen-bond donors (Lipinski definition) is 2. The largest absolute Gasteiger partial charge is 0.312 e. The summed E-state index contributed by atoms with van der Waals surface area (Å²) >= 11 is 0. The average Bonchev–Trinajstić information content (AvgIpc) is 2.29. The van der Waals surface area contributed by atoms with E-state index in [2.05, 4.69) is 17.3 Å². The van der Waals surface area contributed by atoms with Gasteiger partial charge in [0.1, 0.15) is 5.84 Å². The van der Waals surface area contributed by atoms with Crippen LogP contribution in [0, 0.1) is 0 Å². The van der Waals surface area contributed by atoms with E-state index in [1.165, 1.54) is 12.8 Å². The molecule has 3 heteroatoms. The Bertz CT molecular complexity index is 293. The fourth-order valence-electron chi connectivity index (χ4n) is 1.36. The Morgan fingerprint density at radius 3 is 2.60 bits per heavy atom. The maximum atomic E-state index is 5.42. The molecule has 1 aromatic rings. The van der Waals surface area contributed by atoms with Crippen LogP contribution in [0.4, 0.5) is 5.69 Å². The first kappa shape index (κ1) is 11.7. The fraction of sp³-hybridized carbons (Fsp3) is 0.417. The third-order valence-electron chi connectivity index (χ3n) is 2.20. The molecule has 0 aromatic heterocycles. The molecule has 0 saturated carbocycles. The lowest BCUT2D eigenvalue weighted by Crippen LogP contribution is -2.29. The molecule has 0 unspecified atom stereocenters. The number of amidine groups is 1. The Morgan fingerprint density at radius 1 is 1.27 bits per heavy atom. The lowest BCUT2D eigenvalue weighted by atomic mass is 10.2. The molecule has 15 heavy (non-hydrogen) atoms. The van der Waals surface area contributed by atoms with Crippen LogP contribution in [0.25, 0.3) is 0 Å². The van der Waals surface area contributed by atoms with Gasteiger partial charge in [0, 0.05) is 6.42 Å². The van der Waals surface area contributed by atoms with Crippen molar-refractivity contribution in [2.45, 2.75) is 32.6 Å². The Hall–Kier alpha value is -1.35. The molecule has 0 aliphatic rings. The molecule has 0 spiro atoms. The first-order chi connectivity index (χ1) is 7.36. The number of nitrogens with zero attached hydrogens (tertiary/aromatic N) is 1. The van der Waals surface area contributed by atoms with Crippen molar-refractivity contribution in [3.8, 4) is 0 Å². The van der Waals surface area contributed by atoms with Crippen molar-refractivity contribution in [1.29, 1.82) is 0 Å². The van der Waals surface area contributed by atoms with E-state index in [9.17, 15) is 0 Å². The highest BCUT2D eigenvalue weighted by Gasteiger charge is 1.96. The number of rotatable bonds is 5. The van der Waals surface area contributed by atoms with Gasteiger partial charge >= 0.3 is 0 Å². The molecule has 0 radical (unpaired) electrons. The number of para-hydroxylation sites is 1. The summed E-state index contributed by atoms with van der Waals surface area (Å²) in [5.41, 5.74) is 3.61. The van der Waals surface area contributed by atoms with E-state index in [-0.39, 0.29) is 0 Å². The number of aliphatic imine (C=N–C) groups is 1. The zero-order valence-electron chi connectivity index (χ0n) is 9.24. The lowest BCUT2D eigenvalue weighted by molar-refractivity contribution is 0.730. The van der Waals surface area contributed by atoms with Gasteiger partial charge in [0.25, 0.3) is 0 Å². The van der Waals surface area contributed by atoms with Gasteiger partial charge in [-0.05, 0) is 18.6 Å². The maximum absolute atomic E-state index is 5.42. The second-order valence-electron chi connectivity index (χ2n) is 3.50. The van der Waals surface area contributed by atoms with E-state index in [1.54, 1.807) is 0 Å².